The quantitative estimate of drug-likeness (QED) is 0.662. The molecule has 0 radical (unpaired) electrons. The fourth-order valence-electron chi connectivity index (χ4n) is 3.41. The van der Waals surface area contributed by atoms with E-state index in [4.69, 9.17) is 4.74 Å². The van der Waals surface area contributed by atoms with Crippen molar-refractivity contribution < 1.29 is 19.1 Å². The smallest absolute Gasteiger partial charge is 0.254 e. The Morgan fingerprint density at radius 3 is 3.04 bits per heavy atom. The number of carbonyl (C=O) groups is 1. The number of hydrogen-bond donors (Lipinski definition) is 0. The van der Waals surface area contributed by atoms with Crippen LogP contribution in [0.25, 0.3) is 11.0 Å². The van der Waals surface area contributed by atoms with Crippen LogP contribution >= 0.6 is 0 Å². The van der Waals surface area contributed by atoms with Crippen LogP contribution in [0.3, 0.4) is 0 Å². The van der Waals surface area contributed by atoms with E-state index in [1.54, 1.807) is 23.1 Å². The lowest BCUT2D eigenvalue weighted by Crippen LogP contribution is -2.37. The molecule has 0 saturated heterocycles. The Labute approximate surface area is 156 Å². The van der Waals surface area contributed by atoms with Crippen LogP contribution in [0.15, 0.2) is 47.1 Å². The van der Waals surface area contributed by atoms with E-state index in [1.165, 1.54) is 0 Å². The van der Waals surface area contributed by atoms with Gasteiger partial charge in [0, 0.05) is 28.9 Å². The number of nitrogens with zero attached hydrogens (tertiary/aromatic N) is 3. The van der Waals surface area contributed by atoms with E-state index >= 15 is 0 Å². The molecule has 7 nitrogen and oxygen atoms in total. The van der Waals surface area contributed by atoms with Crippen molar-refractivity contribution in [1.29, 1.82) is 0 Å². The fraction of sp³-hybridized carbons (Fsp3) is 0.350. The number of carbonyl (C=O) groups excluding carboxylic acids is 1. The van der Waals surface area contributed by atoms with Crippen LogP contribution in [0.1, 0.15) is 42.1 Å². The fourth-order valence-corrected chi connectivity index (χ4v) is 3.41. The molecule has 1 aromatic heterocycles. The van der Waals surface area contributed by atoms with Gasteiger partial charge < -0.3 is 14.8 Å². The van der Waals surface area contributed by atoms with Crippen LogP contribution in [0.5, 0.6) is 5.75 Å². The van der Waals surface area contributed by atoms with Crippen molar-refractivity contribution in [3.05, 3.63) is 58.8 Å². The maximum Gasteiger partial charge on any atom is 0.254 e. The van der Waals surface area contributed by atoms with Crippen molar-refractivity contribution in [3.63, 3.8) is 0 Å². The Kier molecular flexibility index (Phi) is 4.66. The van der Waals surface area contributed by atoms with Crippen LogP contribution in [0.4, 0.5) is 0 Å². The van der Waals surface area contributed by atoms with Gasteiger partial charge in [0.2, 0.25) is 11.0 Å². The van der Waals surface area contributed by atoms with Crippen LogP contribution in [-0.2, 0) is 6.54 Å². The highest BCUT2D eigenvalue weighted by atomic mass is 16.8. The summed E-state index contributed by atoms with van der Waals surface area (Å²) in [4.78, 5) is 15.3. The van der Waals surface area contributed by atoms with Gasteiger partial charge in [-0.2, -0.15) is 0 Å². The summed E-state index contributed by atoms with van der Waals surface area (Å²) in [6, 6.07) is 12.6. The molecule has 1 aliphatic rings. The summed E-state index contributed by atoms with van der Waals surface area (Å²) in [7, 11) is 0. The zero-order chi connectivity index (χ0) is 18.8. The summed E-state index contributed by atoms with van der Waals surface area (Å²) in [6.45, 7) is 3.14. The summed E-state index contributed by atoms with van der Waals surface area (Å²) >= 11 is 0. The lowest BCUT2D eigenvalue weighted by atomic mass is 10.1. The molecule has 0 fully saturated rings. The second kappa shape index (κ2) is 7.26. The molecular weight excluding hydrogens is 346 g/mol. The van der Waals surface area contributed by atoms with Gasteiger partial charge in [-0.3, -0.25) is 9.42 Å². The van der Waals surface area contributed by atoms with Crippen molar-refractivity contribution >= 4 is 16.9 Å². The minimum Gasteiger partial charge on any atom is -0.488 e. The third-order valence-electron chi connectivity index (χ3n) is 4.85. The molecule has 0 saturated carbocycles. The van der Waals surface area contributed by atoms with Gasteiger partial charge in [-0.25, -0.2) is 0 Å². The number of para-hydroxylation sites is 1. The number of rotatable bonds is 4. The molecular formula is C20H21N3O4. The van der Waals surface area contributed by atoms with Crippen LogP contribution in [0.2, 0.25) is 0 Å². The Balaban J connectivity index is 1.64. The molecule has 0 bridgehead atoms. The predicted molar refractivity (Wildman–Crippen MR) is 98.1 cm³/mol. The van der Waals surface area contributed by atoms with Gasteiger partial charge in [0.15, 0.2) is 0 Å². The average Bonchev–Trinajstić information content (AvgIpc) is 2.95. The summed E-state index contributed by atoms with van der Waals surface area (Å²) in [5, 5.41) is 15.2. The third-order valence-corrected chi connectivity index (χ3v) is 4.85. The Bertz CT molecular complexity index is 969. The van der Waals surface area contributed by atoms with E-state index in [0.717, 1.165) is 30.6 Å². The van der Waals surface area contributed by atoms with Gasteiger partial charge in [-0.05, 0) is 35.9 Å². The lowest BCUT2D eigenvalue weighted by Gasteiger charge is -2.24. The zero-order valence-corrected chi connectivity index (χ0v) is 15.1. The van der Waals surface area contributed by atoms with Gasteiger partial charge in [-0.1, -0.05) is 31.5 Å². The highest BCUT2D eigenvalue weighted by Crippen LogP contribution is 2.27. The topological polar surface area (TPSA) is 82.5 Å². The first kappa shape index (κ1) is 17.3. The summed E-state index contributed by atoms with van der Waals surface area (Å²) in [5.74, 6) is 0.729. The monoisotopic (exact) mass is 367 g/mol. The first-order valence-corrected chi connectivity index (χ1v) is 9.19. The maximum atomic E-state index is 13.2. The number of hydrogen-bond acceptors (Lipinski definition) is 5. The number of unbranched alkanes of at least 4 members (excludes halogenated alkanes) is 1. The largest absolute Gasteiger partial charge is 0.488 e. The van der Waals surface area contributed by atoms with Gasteiger partial charge in [0.05, 0.1) is 6.54 Å². The Morgan fingerprint density at radius 2 is 2.19 bits per heavy atom. The molecule has 7 heteroatoms. The molecule has 0 spiro atoms. The minimum atomic E-state index is -0.112. The molecule has 2 heterocycles. The number of aromatic nitrogens is 2. The van der Waals surface area contributed by atoms with E-state index in [1.807, 2.05) is 24.3 Å². The minimum absolute atomic E-state index is 0.0443. The van der Waals surface area contributed by atoms with Crippen molar-refractivity contribution in [2.24, 2.45) is 0 Å². The Morgan fingerprint density at radius 1 is 1.33 bits per heavy atom. The predicted octanol–water partition coefficient (Wildman–Crippen LogP) is 3.05. The highest BCUT2D eigenvalue weighted by molar-refractivity contribution is 5.97. The molecule has 0 aliphatic carbocycles. The lowest BCUT2D eigenvalue weighted by molar-refractivity contribution is -0.782. The van der Waals surface area contributed by atoms with E-state index in [9.17, 15) is 10.0 Å². The van der Waals surface area contributed by atoms with Gasteiger partial charge >= 0.3 is 0 Å². The molecule has 1 atom stereocenters. The van der Waals surface area contributed by atoms with Crippen molar-refractivity contribution in [2.45, 2.75) is 38.8 Å². The van der Waals surface area contributed by atoms with Crippen molar-refractivity contribution in [2.75, 3.05) is 6.54 Å². The van der Waals surface area contributed by atoms with Crippen LogP contribution < -0.4 is 9.64 Å². The summed E-state index contributed by atoms with van der Waals surface area (Å²) in [6.07, 6.45) is 2.97. The number of ether oxygens (including phenoxy) is 1. The molecule has 1 aliphatic heterocycles. The molecule has 1 unspecified atom stereocenters. The average molecular weight is 367 g/mol. The summed E-state index contributed by atoms with van der Waals surface area (Å²) < 4.78 is 10.8. The normalized spacial score (nSPS) is 16.6. The molecule has 140 valence electrons. The first-order valence-electron chi connectivity index (χ1n) is 9.19. The van der Waals surface area contributed by atoms with E-state index in [0.29, 0.717) is 34.6 Å². The van der Waals surface area contributed by atoms with E-state index < -0.39 is 0 Å². The van der Waals surface area contributed by atoms with Gasteiger partial charge in [-0.15, -0.1) is 0 Å². The second-order valence-electron chi connectivity index (χ2n) is 6.81. The molecule has 27 heavy (non-hydrogen) atoms. The van der Waals surface area contributed by atoms with Gasteiger partial charge in [0.1, 0.15) is 11.9 Å². The van der Waals surface area contributed by atoms with E-state index in [2.05, 4.69) is 16.7 Å². The molecule has 1 amide bonds. The summed E-state index contributed by atoms with van der Waals surface area (Å²) in [5.41, 5.74) is 2.14. The molecule has 0 N–H and O–H groups in total. The standard InChI is InChI=1S/C20H21N3O4/c1-2-3-7-16-13-22(12-15-6-4-5-8-19(15)26-16)20(24)14-9-10-18-17(11-14)21-27-23(18)25/h4-6,8-11,16H,2-3,7,12-13H2,1H3. The maximum absolute atomic E-state index is 13.2. The zero-order valence-electron chi connectivity index (χ0n) is 15.1. The molecule has 3 aromatic rings. The van der Waals surface area contributed by atoms with Crippen LogP contribution in [-0.4, -0.2) is 28.6 Å². The number of fused-ring (bicyclic) bond motifs is 2. The van der Waals surface area contributed by atoms with Crippen LogP contribution in [0, 0.1) is 5.21 Å². The third kappa shape index (κ3) is 3.45. The second-order valence-corrected chi connectivity index (χ2v) is 6.81. The molecule has 2 aromatic carbocycles. The highest BCUT2D eigenvalue weighted by Gasteiger charge is 2.27. The molecule has 4 rings (SSSR count). The number of benzene rings is 2. The van der Waals surface area contributed by atoms with Crippen molar-refractivity contribution in [3.8, 4) is 5.75 Å². The van der Waals surface area contributed by atoms with E-state index in [-0.39, 0.29) is 12.0 Å². The van der Waals surface area contributed by atoms with Gasteiger partial charge in [0.25, 0.3) is 5.91 Å². The first-order chi connectivity index (χ1) is 13.2. The SMILES string of the molecule is CCCCC1CN(C(=O)c2ccc3c(c2)no[n+]3[O-])Cc2ccccc2O1. The Hall–Kier alpha value is -3.09. The number of amides is 1. The van der Waals surface area contributed by atoms with Crippen molar-refractivity contribution in [1.82, 2.24) is 10.1 Å².